The molecule has 122 valence electrons. The maximum atomic E-state index is 12.4. The van der Waals surface area contributed by atoms with Crippen LogP contribution in [0.3, 0.4) is 0 Å². The number of aromatic nitrogens is 1. The third-order valence-electron chi connectivity index (χ3n) is 4.30. The molecule has 23 heavy (non-hydrogen) atoms. The van der Waals surface area contributed by atoms with Crippen LogP contribution in [0.2, 0.25) is 0 Å². The van der Waals surface area contributed by atoms with E-state index in [4.69, 9.17) is 14.2 Å². The fourth-order valence-electron chi connectivity index (χ4n) is 3.41. The van der Waals surface area contributed by atoms with E-state index in [1.165, 1.54) is 0 Å². The van der Waals surface area contributed by atoms with E-state index >= 15 is 0 Å². The highest BCUT2D eigenvalue weighted by molar-refractivity contribution is 5.83. The Balaban J connectivity index is 1.66. The van der Waals surface area contributed by atoms with Crippen molar-refractivity contribution in [1.29, 1.82) is 0 Å². The molecule has 1 aromatic carbocycles. The van der Waals surface area contributed by atoms with E-state index in [0.29, 0.717) is 12.3 Å². The lowest BCUT2D eigenvalue weighted by atomic mass is 10.1. The fraction of sp³-hybridized carbons (Fsp3) is 0.471. The van der Waals surface area contributed by atoms with E-state index < -0.39 is 0 Å². The van der Waals surface area contributed by atoms with E-state index in [1.54, 1.807) is 0 Å². The van der Waals surface area contributed by atoms with Gasteiger partial charge in [-0.05, 0) is 26.0 Å². The average molecular weight is 316 g/mol. The summed E-state index contributed by atoms with van der Waals surface area (Å²) in [7, 11) is 0. The van der Waals surface area contributed by atoms with Gasteiger partial charge in [0.05, 0.1) is 17.7 Å². The highest BCUT2D eigenvalue weighted by Gasteiger charge is 2.23. The molecule has 0 unspecified atom stereocenters. The van der Waals surface area contributed by atoms with E-state index in [0.717, 1.165) is 35.3 Å². The minimum atomic E-state index is -0.0526. The van der Waals surface area contributed by atoms with Crippen molar-refractivity contribution >= 4 is 10.9 Å². The first-order valence-electron chi connectivity index (χ1n) is 7.92. The van der Waals surface area contributed by atoms with Gasteiger partial charge in [-0.3, -0.25) is 9.69 Å². The van der Waals surface area contributed by atoms with Crippen LogP contribution in [-0.2, 0) is 11.3 Å². The molecule has 6 nitrogen and oxygen atoms in total. The number of aromatic amines is 1. The molecule has 1 saturated heterocycles. The zero-order chi connectivity index (χ0) is 16.0. The van der Waals surface area contributed by atoms with Crippen LogP contribution in [0.1, 0.15) is 19.4 Å². The van der Waals surface area contributed by atoms with Gasteiger partial charge in [0.2, 0.25) is 6.79 Å². The molecule has 2 aliphatic heterocycles. The van der Waals surface area contributed by atoms with E-state index in [2.05, 4.69) is 23.7 Å². The molecule has 2 aromatic rings. The fourth-order valence-corrected chi connectivity index (χ4v) is 3.41. The quantitative estimate of drug-likeness (QED) is 0.916. The monoisotopic (exact) mass is 316 g/mol. The van der Waals surface area contributed by atoms with Crippen LogP contribution < -0.4 is 15.0 Å². The Hall–Kier alpha value is -2.05. The maximum Gasteiger partial charge on any atom is 0.252 e. The summed E-state index contributed by atoms with van der Waals surface area (Å²) in [5, 5.41) is 0.957. The van der Waals surface area contributed by atoms with Gasteiger partial charge in [-0.2, -0.15) is 0 Å². The SMILES string of the molecule is C[C@@H]1CN(Cc2cc3cc4c(cc3[nH]c2=O)OCO4)C[C@H](C)O1. The van der Waals surface area contributed by atoms with Gasteiger partial charge in [-0.1, -0.05) is 0 Å². The third-order valence-corrected chi connectivity index (χ3v) is 4.30. The molecule has 1 N–H and O–H groups in total. The molecule has 0 saturated carbocycles. The molecule has 0 radical (unpaired) electrons. The second-order valence-electron chi connectivity index (χ2n) is 6.37. The number of nitrogens with zero attached hydrogens (tertiary/aromatic N) is 1. The number of pyridine rings is 1. The minimum Gasteiger partial charge on any atom is -0.454 e. The first kappa shape index (κ1) is 14.5. The predicted octanol–water partition coefficient (Wildman–Crippen LogP) is 1.87. The van der Waals surface area contributed by atoms with Gasteiger partial charge in [0.1, 0.15) is 0 Å². The summed E-state index contributed by atoms with van der Waals surface area (Å²) < 4.78 is 16.5. The number of ether oxygens (including phenoxy) is 3. The Kier molecular flexibility index (Phi) is 3.50. The first-order valence-corrected chi connectivity index (χ1v) is 7.92. The lowest BCUT2D eigenvalue weighted by Crippen LogP contribution is -2.45. The standard InChI is InChI=1S/C17H20N2O4/c1-10-6-19(7-11(2)23-10)8-13-3-12-4-15-16(22-9-21-15)5-14(12)18-17(13)20/h3-5,10-11H,6-9H2,1-2H3,(H,18,20)/t10-,11+. The second kappa shape index (κ2) is 5.54. The van der Waals surface area contributed by atoms with Gasteiger partial charge >= 0.3 is 0 Å². The van der Waals surface area contributed by atoms with Crippen LogP contribution >= 0.6 is 0 Å². The van der Waals surface area contributed by atoms with Crippen LogP contribution in [0.5, 0.6) is 11.5 Å². The molecule has 3 heterocycles. The summed E-state index contributed by atoms with van der Waals surface area (Å²) in [4.78, 5) is 17.6. The van der Waals surface area contributed by atoms with Crippen molar-refractivity contribution in [2.45, 2.75) is 32.6 Å². The number of hydrogen-bond acceptors (Lipinski definition) is 5. The number of H-pyrrole nitrogens is 1. The van der Waals surface area contributed by atoms with Gasteiger partial charge in [0.15, 0.2) is 11.5 Å². The summed E-state index contributed by atoms with van der Waals surface area (Å²) in [6.07, 6.45) is 0.374. The average Bonchev–Trinajstić information content (AvgIpc) is 2.92. The number of fused-ring (bicyclic) bond motifs is 2. The highest BCUT2D eigenvalue weighted by atomic mass is 16.7. The summed E-state index contributed by atoms with van der Waals surface area (Å²) in [6, 6.07) is 5.68. The molecule has 1 aromatic heterocycles. The van der Waals surface area contributed by atoms with Crippen molar-refractivity contribution < 1.29 is 14.2 Å². The lowest BCUT2D eigenvalue weighted by Gasteiger charge is -2.35. The number of benzene rings is 1. The molecular weight excluding hydrogens is 296 g/mol. The lowest BCUT2D eigenvalue weighted by molar-refractivity contribution is -0.0705. The largest absolute Gasteiger partial charge is 0.454 e. The van der Waals surface area contributed by atoms with Gasteiger partial charge in [0.25, 0.3) is 5.56 Å². The molecule has 6 heteroatoms. The van der Waals surface area contributed by atoms with Gasteiger partial charge in [0, 0.05) is 36.7 Å². The Morgan fingerprint density at radius 3 is 2.57 bits per heavy atom. The summed E-state index contributed by atoms with van der Waals surface area (Å²) in [6.45, 7) is 6.65. The van der Waals surface area contributed by atoms with E-state index in [-0.39, 0.29) is 24.6 Å². The van der Waals surface area contributed by atoms with Gasteiger partial charge < -0.3 is 19.2 Å². The Morgan fingerprint density at radius 2 is 1.83 bits per heavy atom. The number of hydrogen-bond donors (Lipinski definition) is 1. The topological polar surface area (TPSA) is 63.8 Å². The van der Waals surface area contributed by atoms with Crippen LogP contribution in [0.15, 0.2) is 23.0 Å². The zero-order valence-electron chi connectivity index (χ0n) is 13.3. The van der Waals surface area contributed by atoms with Crippen molar-refractivity contribution in [3.63, 3.8) is 0 Å². The van der Waals surface area contributed by atoms with Crippen molar-refractivity contribution in [2.75, 3.05) is 19.9 Å². The smallest absolute Gasteiger partial charge is 0.252 e. The molecule has 2 atom stereocenters. The van der Waals surface area contributed by atoms with Crippen molar-refractivity contribution in [3.8, 4) is 11.5 Å². The maximum absolute atomic E-state index is 12.4. The Morgan fingerprint density at radius 1 is 1.13 bits per heavy atom. The Labute approximate surface area is 134 Å². The van der Waals surface area contributed by atoms with Crippen LogP contribution in [0, 0.1) is 0 Å². The van der Waals surface area contributed by atoms with E-state index in [1.807, 2.05) is 18.2 Å². The zero-order valence-corrected chi connectivity index (χ0v) is 13.3. The summed E-state index contributed by atoms with van der Waals surface area (Å²) >= 11 is 0. The number of nitrogens with one attached hydrogen (secondary N) is 1. The number of morpholine rings is 1. The molecule has 0 bridgehead atoms. The normalized spacial score (nSPS) is 24.3. The predicted molar refractivity (Wildman–Crippen MR) is 86.0 cm³/mol. The molecular formula is C17H20N2O4. The van der Waals surface area contributed by atoms with Crippen molar-refractivity contribution in [1.82, 2.24) is 9.88 Å². The van der Waals surface area contributed by atoms with E-state index in [9.17, 15) is 4.79 Å². The van der Waals surface area contributed by atoms with Crippen LogP contribution in [0.25, 0.3) is 10.9 Å². The summed E-state index contributed by atoms with van der Waals surface area (Å²) in [5.41, 5.74) is 1.48. The van der Waals surface area contributed by atoms with Crippen LogP contribution in [-0.4, -0.2) is 42.0 Å². The molecule has 0 aliphatic carbocycles. The third kappa shape index (κ3) is 2.80. The highest BCUT2D eigenvalue weighted by Crippen LogP contribution is 2.35. The first-order chi connectivity index (χ1) is 11.1. The minimum absolute atomic E-state index is 0.0526. The molecule has 0 amide bonds. The Bertz CT molecular complexity index is 791. The van der Waals surface area contributed by atoms with Crippen LogP contribution in [0.4, 0.5) is 0 Å². The summed E-state index contributed by atoms with van der Waals surface area (Å²) in [5.74, 6) is 1.40. The number of rotatable bonds is 2. The molecule has 4 rings (SSSR count). The molecule has 1 fully saturated rings. The van der Waals surface area contributed by atoms with Crippen molar-refractivity contribution in [3.05, 3.63) is 34.1 Å². The van der Waals surface area contributed by atoms with Gasteiger partial charge in [-0.25, -0.2) is 0 Å². The second-order valence-corrected chi connectivity index (χ2v) is 6.37. The van der Waals surface area contributed by atoms with Gasteiger partial charge in [-0.15, -0.1) is 0 Å². The molecule has 2 aliphatic rings. The molecule has 0 spiro atoms. The van der Waals surface area contributed by atoms with Crippen molar-refractivity contribution in [2.24, 2.45) is 0 Å².